The van der Waals surface area contributed by atoms with Gasteiger partial charge in [-0.05, 0) is 38.1 Å². The molecular formula is C28H42N2O6. The van der Waals surface area contributed by atoms with Crippen molar-refractivity contribution in [2.45, 2.75) is 53.0 Å². The van der Waals surface area contributed by atoms with E-state index in [1.54, 1.807) is 0 Å². The molecule has 0 heterocycles. The molecule has 2 aromatic rings. The largest absolute Gasteiger partial charge is 0.478 e. The summed E-state index contributed by atoms with van der Waals surface area (Å²) >= 11 is 0. The molecule has 8 heteroatoms. The van der Waals surface area contributed by atoms with Crippen LogP contribution in [0.2, 0.25) is 0 Å². The minimum atomic E-state index is -1.26. The normalized spacial score (nSPS) is 12.3. The van der Waals surface area contributed by atoms with Crippen molar-refractivity contribution in [1.82, 2.24) is 9.80 Å². The Labute approximate surface area is 215 Å². The van der Waals surface area contributed by atoms with Crippen LogP contribution in [0.15, 0.2) is 72.8 Å². The molecule has 2 atom stereocenters. The van der Waals surface area contributed by atoms with Crippen LogP contribution in [0, 0.1) is 0 Å². The van der Waals surface area contributed by atoms with Crippen LogP contribution < -0.4 is 0 Å². The number of carbonyl (C=O) groups is 2. The van der Waals surface area contributed by atoms with Gasteiger partial charge in [0.25, 0.3) is 0 Å². The minimum absolute atomic E-state index is 0.251. The Morgan fingerprint density at radius 2 is 1.00 bits per heavy atom. The van der Waals surface area contributed by atoms with E-state index in [4.69, 9.17) is 10.2 Å². The molecule has 36 heavy (non-hydrogen) atoms. The Bertz CT molecular complexity index is 785. The summed E-state index contributed by atoms with van der Waals surface area (Å²) in [7, 11) is 0. The average molecular weight is 503 g/mol. The number of hydrogen-bond donors (Lipinski definition) is 4. The Hall–Kier alpha value is -3.04. The van der Waals surface area contributed by atoms with E-state index in [0.717, 1.165) is 39.3 Å². The number of benzene rings is 2. The van der Waals surface area contributed by atoms with Crippen LogP contribution in [0.5, 0.6) is 0 Å². The van der Waals surface area contributed by atoms with Gasteiger partial charge in [0, 0.05) is 38.3 Å². The molecule has 0 saturated heterocycles. The van der Waals surface area contributed by atoms with Crippen LogP contribution in [0.4, 0.5) is 0 Å². The van der Waals surface area contributed by atoms with Gasteiger partial charge in [-0.2, -0.15) is 0 Å². The van der Waals surface area contributed by atoms with E-state index in [2.05, 4.69) is 47.9 Å². The molecule has 4 N–H and O–H groups in total. The fraction of sp³-hybridized carbons (Fsp3) is 0.429. The first-order chi connectivity index (χ1) is 17.1. The molecule has 0 spiro atoms. The molecule has 2 aromatic carbocycles. The summed E-state index contributed by atoms with van der Waals surface area (Å²) in [6.07, 6.45) is 0.613. The van der Waals surface area contributed by atoms with E-state index >= 15 is 0 Å². The third-order valence-corrected chi connectivity index (χ3v) is 4.81. The maximum atomic E-state index is 9.55. The highest BCUT2D eigenvalue weighted by molar-refractivity contribution is 5.89. The van der Waals surface area contributed by atoms with Gasteiger partial charge in [0.1, 0.15) is 0 Å². The van der Waals surface area contributed by atoms with Gasteiger partial charge in [0.2, 0.25) is 0 Å². The van der Waals surface area contributed by atoms with Gasteiger partial charge < -0.3 is 20.4 Å². The van der Waals surface area contributed by atoms with Crippen molar-refractivity contribution in [2.75, 3.05) is 26.2 Å². The maximum absolute atomic E-state index is 9.55. The number of nitrogens with zero attached hydrogens (tertiary/aromatic N) is 2. The third-order valence-electron chi connectivity index (χ3n) is 4.81. The predicted molar refractivity (Wildman–Crippen MR) is 143 cm³/mol. The van der Waals surface area contributed by atoms with Crippen molar-refractivity contribution < 1.29 is 30.0 Å². The zero-order chi connectivity index (χ0) is 27.3. The number of likely N-dealkylation sites (N-methyl/N-ethyl adjacent to an activating group) is 2. The molecular weight excluding hydrogens is 460 g/mol. The van der Waals surface area contributed by atoms with E-state index in [1.807, 2.05) is 50.2 Å². The standard InChI is InChI=1S/2C12H19NO.C4H4O4/c2*1-3-13(9-11(2)14)10-12-7-5-4-6-8-12;5-3(6)1-2-4(7)8/h2*4-8,11,14H,3,9-10H2,1-2H3;1-2H,(H,5,6)(H,7,8)/b;;2-1-. The minimum Gasteiger partial charge on any atom is -0.478 e. The molecule has 0 bridgehead atoms. The molecule has 2 rings (SSSR count). The Balaban J connectivity index is 0.000000533. The van der Waals surface area contributed by atoms with Crippen molar-refractivity contribution >= 4 is 11.9 Å². The quantitative estimate of drug-likeness (QED) is 0.326. The van der Waals surface area contributed by atoms with Gasteiger partial charge in [-0.1, -0.05) is 74.5 Å². The number of aliphatic carboxylic acids is 2. The monoisotopic (exact) mass is 502 g/mol. The Morgan fingerprint density at radius 1 is 0.694 bits per heavy atom. The van der Waals surface area contributed by atoms with Crippen molar-refractivity contribution in [3.8, 4) is 0 Å². The van der Waals surface area contributed by atoms with Gasteiger partial charge in [-0.3, -0.25) is 9.80 Å². The highest BCUT2D eigenvalue weighted by atomic mass is 16.4. The SMILES string of the molecule is CCN(Cc1ccccc1)CC(C)O.CCN(Cc1ccccc1)CC(C)O.O=C(O)/C=C\C(=O)O. The lowest BCUT2D eigenvalue weighted by Crippen LogP contribution is -2.30. The van der Waals surface area contributed by atoms with Crippen molar-refractivity contribution in [1.29, 1.82) is 0 Å². The lowest BCUT2D eigenvalue weighted by Gasteiger charge is -2.21. The third kappa shape index (κ3) is 19.3. The number of hydrogen-bond acceptors (Lipinski definition) is 6. The molecule has 8 nitrogen and oxygen atoms in total. The molecule has 0 aliphatic carbocycles. The summed E-state index contributed by atoms with van der Waals surface area (Å²) in [5.74, 6) is -2.51. The molecule has 200 valence electrons. The van der Waals surface area contributed by atoms with E-state index in [-0.39, 0.29) is 12.2 Å². The van der Waals surface area contributed by atoms with Gasteiger partial charge in [-0.25, -0.2) is 9.59 Å². The highest BCUT2D eigenvalue weighted by Crippen LogP contribution is 2.05. The zero-order valence-corrected chi connectivity index (χ0v) is 21.8. The zero-order valence-electron chi connectivity index (χ0n) is 21.8. The molecule has 0 amide bonds. The average Bonchev–Trinajstić information content (AvgIpc) is 2.83. The summed E-state index contributed by atoms with van der Waals surface area (Å²) in [5.41, 5.74) is 2.60. The number of aliphatic hydroxyl groups excluding tert-OH is 2. The van der Waals surface area contributed by atoms with E-state index in [1.165, 1.54) is 11.1 Å². The van der Waals surface area contributed by atoms with Crippen LogP contribution in [-0.2, 0) is 22.7 Å². The van der Waals surface area contributed by atoms with Crippen molar-refractivity contribution in [3.05, 3.63) is 83.9 Å². The smallest absolute Gasteiger partial charge is 0.328 e. The topological polar surface area (TPSA) is 122 Å². The summed E-state index contributed by atoms with van der Waals surface area (Å²) in [5, 5.41) is 34.2. The van der Waals surface area contributed by atoms with Gasteiger partial charge in [-0.15, -0.1) is 0 Å². The molecule has 0 fully saturated rings. The molecule has 0 aliphatic heterocycles. The highest BCUT2D eigenvalue weighted by Gasteiger charge is 2.07. The second-order valence-electron chi connectivity index (χ2n) is 8.33. The maximum Gasteiger partial charge on any atom is 0.328 e. The number of carboxylic acids is 2. The van der Waals surface area contributed by atoms with Crippen molar-refractivity contribution in [3.63, 3.8) is 0 Å². The number of rotatable bonds is 12. The van der Waals surface area contributed by atoms with Gasteiger partial charge >= 0.3 is 11.9 Å². The fourth-order valence-corrected chi connectivity index (χ4v) is 3.18. The molecule has 0 aliphatic rings. The van der Waals surface area contributed by atoms with Crippen LogP contribution >= 0.6 is 0 Å². The fourth-order valence-electron chi connectivity index (χ4n) is 3.18. The van der Waals surface area contributed by atoms with E-state index in [0.29, 0.717) is 12.2 Å². The molecule has 2 unspecified atom stereocenters. The van der Waals surface area contributed by atoms with Crippen LogP contribution in [0.25, 0.3) is 0 Å². The number of carboxylic acid groups (broad SMARTS) is 2. The first kappa shape index (κ1) is 33.0. The van der Waals surface area contributed by atoms with Crippen LogP contribution in [-0.4, -0.2) is 80.6 Å². The van der Waals surface area contributed by atoms with E-state index < -0.39 is 11.9 Å². The molecule has 0 aromatic heterocycles. The predicted octanol–water partition coefficient (Wildman–Crippen LogP) is 3.49. The summed E-state index contributed by atoms with van der Waals surface area (Å²) in [6.45, 7) is 13.2. The van der Waals surface area contributed by atoms with Gasteiger partial charge in [0.15, 0.2) is 0 Å². The summed E-state index contributed by atoms with van der Waals surface area (Å²) in [4.78, 5) is 23.6. The lowest BCUT2D eigenvalue weighted by molar-refractivity contribution is -0.134. The summed E-state index contributed by atoms with van der Waals surface area (Å²) in [6, 6.07) is 20.7. The second-order valence-corrected chi connectivity index (χ2v) is 8.33. The van der Waals surface area contributed by atoms with E-state index in [9.17, 15) is 19.8 Å². The second kappa shape index (κ2) is 20.2. The summed E-state index contributed by atoms with van der Waals surface area (Å²) < 4.78 is 0. The van der Waals surface area contributed by atoms with Crippen molar-refractivity contribution in [2.24, 2.45) is 0 Å². The first-order valence-corrected chi connectivity index (χ1v) is 12.1. The van der Waals surface area contributed by atoms with Crippen LogP contribution in [0.1, 0.15) is 38.8 Å². The Morgan fingerprint density at radius 3 is 1.22 bits per heavy atom. The number of aliphatic hydroxyl groups is 2. The lowest BCUT2D eigenvalue weighted by atomic mass is 10.2. The molecule has 0 radical (unpaired) electrons. The first-order valence-electron chi connectivity index (χ1n) is 12.1. The van der Waals surface area contributed by atoms with Crippen LogP contribution in [0.3, 0.4) is 0 Å². The van der Waals surface area contributed by atoms with Gasteiger partial charge in [0.05, 0.1) is 12.2 Å². The molecule has 0 saturated carbocycles. The Kier molecular flexibility index (Phi) is 18.5.